The average Bonchev–Trinajstić information content (AvgIpc) is 2.83. The van der Waals surface area contributed by atoms with Crippen LogP contribution in [0.5, 0.6) is 0 Å². The Kier molecular flexibility index (Phi) is 5.18. The van der Waals surface area contributed by atoms with Crippen LogP contribution in [0, 0.1) is 5.82 Å². The van der Waals surface area contributed by atoms with Crippen LogP contribution in [-0.4, -0.2) is 17.4 Å². The molecule has 0 atom stereocenters. The molecule has 2 aromatic rings. The van der Waals surface area contributed by atoms with E-state index in [9.17, 15) is 9.18 Å². The van der Waals surface area contributed by atoms with Crippen molar-refractivity contribution < 1.29 is 9.18 Å². The van der Waals surface area contributed by atoms with Gasteiger partial charge in [-0.15, -0.1) is 11.3 Å². The molecule has 0 saturated carbocycles. The molecule has 0 aliphatic heterocycles. The quantitative estimate of drug-likeness (QED) is 0.738. The number of hydrogen-bond donors (Lipinski definition) is 0. The van der Waals surface area contributed by atoms with Gasteiger partial charge in [-0.1, -0.05) is 11.6 Å². The summed E-state index contributed by atoms with van der Waals surface area (Å²) in [6.45, 7) is 2.90. The van der Waals surface area contributed by atoms with Crippen molar-refractivity contribution in [1.29, 1.82) is 0 Å². The van der Waals surface area contributed by atoms with Crippen molar-refractivity contribution in [2.75, 3.05) is 6.54 Å². The standard InChI is InChI=1S/C14H12BrClFNOS/c1-2-18(8-10-4-6-13(16)20-10)14(19)11-7-9(17)3-5-12(11)15/h3-7H,2,8H2,1H3. The van der Waals surface area contributed by atoms with Gasteiger partial charge in [0.1, 0.15) is 5.82 Å². The molecule has 1 aromatic carbocycles. The van der Waals surface area contributed by atoms with Gasteiger partial charge in [-0.25, -0.2) is 4.39 Å². The van der Waals surface area contributed by atoms with Crippen LogP contribution in [0.1, 0.15) is 22.2 Å². The van der Waals surface area contributed by atoms with E-state index in [4.69, 9.17) is 11.6 Å². The molecule has 6 heteroatoms. The normalized spacial score (nSPS) is 10.6. The fraction of sp³-hybridized carbons (Fsp3) is 0.214. The largest absolute Gasteiger partial charge is 0.334 e. The van der Waals surface area contributed by atoms with E-state index in [-0.39, 0.29) is 5.91 Å². The molecule has 0 spiro atoms. The Morgan fingerprint density at radius 2 is 2.15 bits per heavy atom. The van der Waals surface area contributed by atoms with E-state index >= 15 is 0 Å². The zero-order valence-electron chi connectivity index (χ0n) is 10.7. The molecule has 106 valence electrons. The van der Waals surface area contributed by atoms with Crippen LogP contribution in [0.4, 0.5) is 4.39 Å². The summed E-state index contributed by atoms with van der Waals surface area (Å²) in [5.74, 6) is -0.629. The summed E-state index contributed by atoms with van der Waals surface area (Å²) in [6.07, 6.45) is 0. The number of carbonyl (C=O) groups is 1. The maximum atomic E-state index is 13.3. The topological polar surface area (TPSA) is 20.3 Å². The van der Waals surface area contributed by atoms with Gasteiger partial charge in [0.05, 0.1) is 16.4 Å². The number of carbonyl (C=O) groups excluding carboxylic acids is 1. The molecule has 2 nitrogen and oxygen atoms in total. The summed E-state index contributed by atoms with van der Waals surface area (Å²) >= 11 is 10.6. The van der Waals surface area contributed by atoms with Gasteiger partial charge in [-0.05, 0) is 53.2 Å². The Balaban J connectivity index is 2.22. The van der Waals surface area contributed by atoms with Crippen molar-refractivity contribution in [3.8, 4) is 0 Å². The average molecular weight is 377 g/mol. The molecule has 0 saturated heterocycles. The molecule has 1 heterocycles. The molecular weight excluding hydrogens is 365 g/mol. The first kappa shape index (κ1) is 15.5. The van der Waals surface area contributed by atoms with Crippen molar-refractivity contribution in [3.05, 3.63) is 55.4 Å². The van der Waals surface area contributed by atoms with E-state index in [0.717, 1.165) is 4.88 Å². The number of nitrogens with zero attached hydrogens (tertiary/aromatic N) is 1. The Labute approximate surface area is 134 Å². The van der Waals surface area contributed by atoms with Crippen molar-refractivity contribution in [2.45, 2.75) is 13.5 Å². The number of amides is 1. The van der Waals surface area contributed by atoms with Crippen LogP contribution in [0.3, 0.4) is 0 Å². The van der Waals surface area contributed by atoms with Gasteiger partial charge >= 0.3 is 0 Å². The molecule has 0 aliphatic rings. The molecule has 0 radical (unpaired) electrons. The predicted molar refractivity (Wildman–Crippen MR) is 83.8 cm³/mol. The van der Waals surface area contributed by atoms with Gasteiger partial charge in [0.25, 0.3) is 5.91 Å². The summed E-state index contributed by atoms with van der Waals surface area (Å²) in [6, 6.07) is 7.80. The second-order valence-electron chi connectivity index (χ2n) is 4.15. The van der Waals surface area contributed by atoms with Crippen LogP contribution in [-0.2, 0) is 6.54 Å². The molecule has 0 aliphatic carbocycles. The third-order valence-corrected chi connectivity index (χ3v) is 4.71. The van der Waals surface area contributed by atoms with Gasteiger partial charge in [0, 0.05) is 15.9 Å². The lowest BCUT2D eigenvalue weighted by molar-refractivity contribution is 0.0753. The highest BCUT2D eigenvalue weighted by molar-refractivity contribution is 9.10. The molecule has 20 heavy (non-hydrogen) atoms. The lowest BCUT2D eigenvalue weighted by Crippen LogP contribution is -2.30. The number of benzene rings is 1. The zero-order valence-corrected chi connectivity index (χ0v) is 13.9. The smallest absolute Gasteiger partial charge is 0.255 e. The van der Waals surface area contributed by atoms with Crippen molar-refractivity contribution in [1.82, 2.24) is 4.90 Å². The van der Waals surface area contributed by atoms with Gasteiger partial charge in [-0.2, -0.15) is 0 Å². The fourth-order valence-electron chi connectivity index (χ4n) is 1.78. The lowest BCUT2D eigenvalue weighted by Gasteiger charge is -2.20. The second-order valence-corrected chi connectivity index (χ2v) is 6.80. The van der Waals surface area contributed by atoms with Crippen molar-refractivity contribution >= 4 is 44.8 Å². The molecule has 1 amide bonds. The fourth-order valence-corrected chi connectivity index (χ4v) is 3.30. The summed E-state index contributed by atoms with van der Waals surface area (Å²) in [7, 11) is 0. The van der Waals surface area contributed by atoms with E-state index in [2.05, 4.69) is 15.9 Å². The van der Waals surface area contributed by atoms with Crippen LogP contribution in [0.2, 0.25) is 4.34 Å². The second kappa shape index (κ2) is 6.70. The summed E-state index contributed by atoms with van der Waals surface area (Å²) < 4.78 is 14.6. The number of thiophene rings is 1. The molecule has 0 N–H and O–H groups in total. The minimum atomic E-state index is -0.424. The first-order valence-electron chi connectivity index (χ1n) is 5.99. The van der Waals surface area contributed by atoms with Gasteiger partial charge < -0.3 is 4.90 Å². The van der Waals surface area contributed by atoms with E-state index in [1.54, 1.807) is 17.0 Å². The molecule has 0 bridgehead atoms. The Morgan fingerprint density at radius 3 is 2.75 bits per heavy atom. The van der Waals surface area contributed by atoms with Crippen molar-refractivity contribution in [3.63, 3.8) is 0 Å². The summed E-state index contributed by atoms with van der Waals surface area (Å²) in [5, 5.41) is 0. The van der Waals surface area contributed by atoms with Crippen molar-refractivity contribution in [2.24, 2.45) is 0 Å². The molecule has 2 rings (SSSR count). The predicted octanol–water partition coefficient (Wildman–Crippen LogP) is 4.97. The van der Waals surface area contributed by atoms with E-state index < -0.39 is 5.82 Å². The maximum Gasteiger partial charge on any atom is 0.255 e. The third-order valence-electron chi connectivity index (χ3n) is 2.80. The SMILES string of the molecule is CCN(Cc1ccc(Cl)s1)C(=O)c1cc(F)ccc1Br. The van der Waals surface area contributed by atoms with Crippen LogP contribution in [0.25, 0.3) is 0 Å². The number of halogens is 3. The highest BCUT2D eigenvalue weighted by Gasteiger charge is 2.18. The van der Waals surface area contributed by atoms with Gasteiger partial charge in [-0.3, -0.25) is 4.79 Å². The van der Waals surface area contributed by atoms with Crippen LogP contribution in [0.15, 0.2) is 34.8 Å². The highest BCUT2D eigenvalue weighted by atomic mass is 79.9. The molecule has 0 unspecified atom stereocenters. The Hall–Kier alpha value is -0.910. The lowest BCUT2D eigenvalue weighted by atomic mass is 10.2. The summed E-state index contributed by atoms with van der Waals surface area (Å²) in [5.41, 5.74) is 0.328. The minimum Gasteiger partial charge on any atom is -0.334 e. The minimum absolute atomic E-state index is 0.205. The monoisotopic (exact) mass is 375 g/mol. The highest BCUT2D eigenvalue weighted by Crippen LogP contribution is 2.25. The van der Waals surface area contributed by atoms with E-state index in [0.29, 0.717) is 27.5 Å². The Bertz CT molecular complexity index is 631. The van der Waals surface area contributed by atoms with Crippen LogP contribution < -0.4 is 0 Å². The van der Waals surface area contributed by atoms with Gasteiger partial charge in [0.15, 0.2) is 0 Å². The molecule has 1 aromatic heterocycles. The number of rotatable bonds is 4. The third kappa shape index (κ3) is 3.59. The van der Waals surface area contributed by atoms with E-state index in [1.807, 2.05) is 13.0 Å². The Morgan fingerprint density at radius 1 is 1.40 bits per heavy atom. The maximum absolute atomic E-state index is 13.3. The molecule has 0 fully saturated rings. The zero-order chi connectivity index (χ0) is 14.7. The van der Waals surface area contributed by atoms with E-state index in [1.165, 1.54) is 23.5 Å². The van der Waals surface area contributed by atoms with Gasteiger partial charge in [0.2, 0.25) is 0 Å². The molecular formula is C14H12BrClFNOS. The number of hydrogen-bond acceptors (Lipinski definition) is 2. The van der Waals surface area contributed by atoms with Crippen LogP contribution >= 0.6 is 38.9 Å². The summed E-state index contributed by atoms with van der Waals surface area (Å²) in [4.78, 5) is 15.1. The first-order valence-corrected chi connectivity index (χ1v) is 7.98. The first-order chi connectivity index (χ1) is 9.51.